The highest BCUT2D eigenvalue weighted by Crippen LogP contribution is 2.12. The van der Waals surface area contributed by atoms with Crippen molar-refractivity contribution in [1.29, 1.82) is 0 Å². The smallest absolute Gasteiger partial charge is 0.264 e. The second kappa shape index (κ2) is 4.14. The van der Waals surface area contributed by atoms with E-state index in [0.717, 1.165) is 5.57 Å². The van der Waals surface area contributed by atoms with Gasteiger partial charge < -0.3 is 0 Å². The lowest BCUT2D eigenvalue weighted by Crippen LogP contribution is -1.95. The first-order chi connectivity index (χ1) is 6.39. The van der Waals surface area contributed by atoms with Gasteiger partial charge in [0, 0.05) is 16.9 Å². The van der Waals surface area contributed by atoms with Crippen LogP contribution in [0, 0.1) is 0 Å². The van der Waals surface area contributed by atoms with Gasteiger partial charge in [-0.2, -0.15) is 5.10 Å². The average molecular weight is 235 g/mol. The van der Waals surface area contributed by atoms with Crippen LogP contribution in [0.3, 0.4) is 0 Å². The molecule has 0 atom stereocenters. The number of hydrogen-bond donors (Lipinski definition) is 0. The van der Waals surface area contributed by atoms with Crippen molar-refractivity contribution in [3.05, 3.63) is 24.0 Å². The third kappa shape index (κ3) is 3.16. The van der Waals surface area contributed by atoms with Crippen LogP contribution in [0.2, 0.25) is 0 Å². The molecule has 0 N–H and O–H groups in total. The van der Waals surface area contributed by atoms with Crippen molar-refractivity contribution in [2.75, 3.05) is 0 Å². The van der Waals surface area contributed by atoms with E-state index in [4.69, 9.17) is 10.7 Å². The van der Waals surface area contributed by atoms with Crippen LogP contribution in [0.5, 0.6) is 0 Å². The summed E-state index contributed by atoms with van der Waals surface area (Å²) in [5.41, 5.74) is 1.15. The molecule has 14 heavy (non-hydrogen) atoms. The van der Waals surface area contributed by atoms with Crippen molar-refractivity contribution in [3.63, 3.8) is 0 Å². The maximum Gasteiger partial charge on any atom is 0.264 e. The SMILES string of the molecule is CC(C)=CCn1cc(S(=O)(=O)Cl)cn1. The van der Waals surface area contributed by atoms with Crippen LogP contribution in [-0.4, -0.2) is 18.2 Å². The van der Waals surface area contributed by atoms with Gasteiger partial charge in [-0.05, 0) is 13.8 Å². The molecule has 6 heteroatoms. The van der Waals surface area contributed by atoms with Gasteiger partial charge in [0.2, 0.25) is 0 Å². The molecule has 1 rings (SSSR count). The molecule has 1 aromatic rings. The summed E-state index contributed by atoms with van der Waals surface area (Å²) in [7, 11) is 1.49. The Morgan fingerprint density at radius 2 is 2.29 bits per heavy atom. The maximum absolute atomic E-state index is 10.9. The van der Waals surface area contributed by atoms with E-state index in [1.807, 2.05) is 19.9 Å². The van der Waals surface area contributed by atoms with Gasteiger partial charge in [0.05, 0.1) is 12.7 Å². The fourth-order valence-electron chi connectivity index (χ4n) is 0.846. The highest BCUT2D eigenvalue weighted by atomic mass is 35.7. The summed E-state index contributed by atoms with van der Waals surface area (Å²) < 4.78 is 23.3. The maximum atomic E-state index is 10.9. The summed E-state index contributed by atoms with van der Waals surface area (Å²) in [5, 5.41) is 3.86. The standard InChI is InChI=1S/C8H11ClN2O2S/c1-7(2)3-4-11-6-8(5-10-11)14(9,12)13/h3,5-6H,4H2,1-2H3. The molecule has 1 aromatic heterocycles. The van der Waals surface area contributed by atoms with Gasteiger partial charge in [0.25, 0.3) is 9.05 Å². The van der Waals surface area contributed by atoms with E-state index in [1.165, 1.54) is 17.1 Å². The van der Waals surface area contributed by atoms with Crippen LogP contribution < -0.4 is 0 Å². The minimum atomic E-state index is -3.65. The normalized spacial score (nSPS) is 11.4. The topological polar surface area (TPSA) is 52.0 Å². The zero-order chi connectivity index (χ0) is 10.8. The predicted molar refractivity (Wildman–Crippen MR) is 54.7 cm³/mol. The lowest BCUT2D eigenvalue weighted by molar-refractivity contribution is 0.609. The van der Waals surface area contributed by atoms with Gasteiger partial charge in [0.15, 0.2) is 0 Å². The van der Waals surface area contributed by atoms with Gasteiger partial charge in [-0.3, -0.25) is 4.68 Å². The summed E-state index contributed by atoms with van der Waals surface area (Å²) >= 11 is 0. The van der Waals surface area contributed by atoms with E-state index in [1.54, 1.807) is 0 Å². The third-order valence-electron chi connectivity index (χ3n) is 1.58. The Balaban J connectivity index is 2.85. The zero-order valence-corrected chi connectivity index (χ0v) is 9.51. The van der Waals surface area contributed by atoms with Crippen molar-refractivity contribution >= 4 is 19.7 Å². The number of allylic oxidation sites excluding steroid dienone is 2. The van der Waals surface area contributed by atoms with Gasteiger partial charge in [0.1, 0.15) is 4.90 Å². The number of halogens is 1. The minimum Gasteiger partial charge on any atom is -0.268 e. The monoisotopic (exact) mass is 234 g/mol. The van der Waals surface area contributed by atoms with Crippen LogP contribution in [0.4, 0.5) is 0 Å². The van der Waals surface area contributed by atoms with E-state index in [0.29, 0.717) is 6.54 Å². The lowest BCUT2D eigenvalue weighted by Gasteiger charge is -1.94. The molecule has 0 unspecified atom stereocenters. The first-order valence-corrected chi connectivity index (χ1v) is 6.31. The summed E-state index contributed by atoms with van der Waals surface area (Å²) in [4.78, 5) is 0.0290. The molecule has 0 aliphatic rings. The van der Waals surface area contributed by atoms with Crippen LogP contribution >= 0.6 is 10.7 Å². The molecular weight excluding hydrogens is 224 g/mol. The lowest BCUT2D eigenvalue weighted by atomic mass is 10.3. The molecule has 0 amide bonds. The molecule has 0 radical (unpaired) electrons. The molecule has 0 fully saturated rings. The molecule has 4 nitrogen and oxygen atoms in total. The summed E-state index contributed by atoms with van der Waals surface area (Å²) in [6.45, 7) is 4.47. The molecule has 0 saturated carbocycles. The number of rotatable bonds is 3. The Bertz CT molecular complexity index is 444. The Morgan fingerprint density at radius 3 is 2.71 bits per heavy atom. The van der Waals surface area contributed by atoms with Crippen LogP contribution in [0.1, 0.15) is 13.8 Å². The first kappa shape index (κ1) is 11.3. The van der Waals surface area contributed by atoms with E-state index >= 15 is 0 Å². The molecule has 0 aromatic carbocycles. The van der Waals surface area contributed by atoms with Gasteiger partial charge in [-0.1, -0.05) is 11.6 Å². The largest absolute Gasteiger partial charge is 0.268 e. The minimum absolute atomic E-state index is 0.0290. The fourth-order valence-corrected chi connectivity index (χ4v) is 1.51. The first-order valence-electron chi connectivity index (χ1n) is 4.00. The van der Waals surface area contributed by atoms with Crippen LogP contribution in [0.25, 0.3) is 0 Å². The van der Waals surface area contributed by atoms with E-state index in [-0.39, 0.29) is 4.90 Å². The average Bonchev–Trinajstić information content (AvgIpc) is 2.47. The number of hydrogen-bond acceptors (Lipinski definition) is 3. The second-order valence-electron chi connectivity index (χ2n) is 3.12. The molecule has 78 valence electrons. The number of aromatic nitrogens is 2. The van der Waals surface area contributed by atoms with Crippen molar-refractivity contribution in [2.24, 2.45) is 0 Å². The molecule has 0 saturated heterocycles. The van der Waals surface area contributed by atoms with E-state index < -0.39 is 9.05 Å². The van der Waals surface area contributed by atoms with Crippen molar-refractivity contribution in [1.82, 2.24) is 9.78 Å². The Kier molecular flexibility index (Phi) is 3.34. The van der Waals surface area contributed by atoms with E-state index in [9.17, 15) is 8.42 Å². The summed E-state index contributed by atoms with van der Waals surface area (Å²) in [5.74, 6) is 0. The number of nitrogens with zero attached hydrogens (tertiary/aromatic N) is 2. The fraction of sp³-hybridized carbons (Fsp3) is 0.375. The van der Waals surface area contributed by atoms with Crippen molar-refractivity contribution in [3.8, 4) is 0 Å². The van der Waals surface area contributed by atoms with Crippen molar-refractivity contribution < 1.29 is 8.42 Å². The van der Waals surface area contributed by atoms with E-state index in [2.05, 4.69) is 5.10 Å². The third-order valence-corrected chi connectivity index (χ3v) is 2.89. The molecular formula is C8H11ClN2O2S. The molecule has 1 heterocycles. The van der Waals surface area contributed by atoms with Crippen molar-refractivity contribution in [2.45, 2.75) is 25.3 Å². The Morgan fingerprint density at radius 1 is 1.64 bits per heavy atom. The molecule has 0 bridgehead atoms. The van der Waals surface area contributed by atoms with Crippen LogP contribution in [-0.2, 0) is 15.6 Å². The van der Waals surface area contributed by atoms with Gasteiger partial charge >= 0.3 is 0 Å². The second-order valence-corrected chi connectivity index (χ2v) is 5.68. The Labute approximate surface area is 87.6 Å². The molecule has 0 aliphatic carbocycles. The van der Waals surface area contributed by atoms with Gasteiger partial charge in [-0.15, -0.1) is 0 Å². The molecule has 0 aliphatic heterocycles. The van der Waals surface area contributed by atoms with Gasteiger partial charge in [-0.25, -0.2) is 8.42 Å². The predicted octanol–water partition coefficient (Wildman–Crippen LogP) is 1.78. The highest BCUT2D eigenvalue weighted by molar-refractivity contribution is 8.13. The summed E-state index contributed by atoms with van der Waals surface area (Å²) in [6.07, 6.45) is 4.58. The Hall–Kier alpha value is -0.810. The summed E-state index contributed by atoms with van der Waals surface area (Å²) in [6, 6.07) is 0. The zero-order valence-electron chi connectivity index (χ0n) is 7.94. The highest BCUT2D eigenvalue weighted by Gasteiger charge is 2.11. The van der Waals surface area contributed by atoms with Crippen LogP contribution in [0.15, 0.2) is 28.9 Å². The quantitative estimate of drug-likeness (QED) is 0.592. The molecule has 0 spiro atoms.